The van der Waals surface area contributed by atoms with E-state index in [9.17, 15) is 13.2 Å². The first-order valence-corrected chi connectivity index (χ1v) is 5.01. The highest BCUT2D eigenvalue weighted by Crippen LogP contribution is 2.31. The average molecular weight is 259 g/mol. The van der Waals surface area contributed by atoms with E-state index in [1.165, 1.54) is 24.4 Å². The Morgan fingerprint density at radius 2 is 1.88 bits per heavy atom. The Balaban J connectivity index is 2.47. The van der Waals surface area contributed by atoms with Crippen LogP contribution in [0.1, 0.15) is 5.56 Å². The first-order chi connectivity index (χ1) is 7.97. The number of aromatic nitrogens is 2. The van der Waals surface area contributed by atoms with Gasteiger partial charge < -0.3 is 0 Å². The number of hydrogen-bond acceptors (Lipinski definition) is 2. The summed E-state index contributed by atoms with van der Waals surface area (Å²) in [7, 11) is 0. The van der Waals surface area contributed by atoms with Gasteiger partial charge in [0.05, 0.1) is 11.3 Å². The van der Waals surface area contributed by atoms with Gasteiger partial charge in [0, 0.05) is 11.8 Å². The van der Waals surface area contributed by atoms with Crippen LogP contribution in [-0.4, -0.2) is 9.97 Å². The van der Waals surface area contributed by atoms with Crippen molar-refractivity contribution in [2.24, 2.45) is 0 Å². The normalized spacial score (nSPS) is 11.5. The molecule has 0 aliphatic heterocycles. The maximum atomic E-state index is 12.5. The van der Waals surface area contributed by atoms with E-state index in [1.54, 1.807) is 0 Å². The Bertz CT molecular complexity index is 540. The Morgan fingerprint density at radius 1 is 1.12 bits per heavy atom. The van der Waals surface area contributed by atoms with Crippen LogP contribution in [0.4, 0.5) is 13.2 Å². The third-order valence-corrected chi connectivity index (χ3v) is 2.29. The molecular weight excluding hydrogens is 253 g/mol. The maximum absolute atomic E-state index is 12.5. The van der Waals surface area contributed by atoms with Gasteiger partial charge in [-0.05, 0) is 29.8 Å². The van der Waals surface area contributed by atoms with E-state index in [1.807, 2.05) is 0 Å². The predicted molar refractivity (Wildman–Crippen MR) is 57.5 cm³/mol. The minimum absolute atomic E-state index is 0.0000817. The van der Waals surface area contributed by atoms with Crippen molar-refractivity contribution in [1.82, 2.24) is 9.97 Å². The van der Waals surface area contributed by atoms with Crippen molar-refractivity contribution in [3.05, 3.63) is 47.4 Å². The minimum atomic E-state index is -4.37. The molecular formula is C11H6ClF3N2. The smallest absolute Gasteiger partial charge is 0.226 e. The molecule has 2 rings (SSSR count). The number of rotatable bonds is 1. The standard InChI is InChI=1S/C11H6ClF3N2/c12-10-16-5-4-9(17-10)7-2-1-3-8(6-7)11(13,14)15/h1-6H. The molecule has 0 amide bonds. The Kier molecular flexibility index (Phi) is 3.02. The van der Waals surface area contributed by atoms with Gasteiger partial charge in [-0.2, -0.15) is 13.2 Å². The molecule has 0 saturated heterocycles. The minimum Gasteiger partial charge on any atom is -0.226 e. The van der Waals surface area contributed by atoms with Gasteiger partial charge in [-0.25, -0.2) is 9.97 Å². The second kappa shape index (κ2) is 4.33. The summed E-state index contributed by atoms with van der Waals surface area (Å²) in [5.74, 6) is 0. The molecule has 0 aliphatic carbocycles. The SMILES string of the molecule is FC(F)(F)c1cccc(-c2ccnc(Cl)n2)c1. The third kappa shape index (κ3) is 2.74. The van der Waals surface area contributed by atoms with Crippen LogP contribution >= 0.6 is 11.6 Å². The summed E-state index contributed by atoms with van der Waals surface area (Å²) < 4.78 is 37.5. The molecule has 0 spiro atoms. The fourth-order valence-electron chi connectivity index (χ4n) is 1.35. The first kappa shape index (κ1) is 11.9. The van der Waals surface area contributed by atoms with Gasteiger partial charge in [-0.3, -0.25) is 0 Å². The van der Waals surface area contributed by atoms with Crippen molar-refractivity contribution in [3.63, 3.8) is 0 Å². The lowest BCUT2D eigenvalue weighted by atomic mass is 10.1. The summed E-state index contributed by atoms with van der Waals surface area (Å²) in [6.45, 7) is 0. The molecule has 0 saturated carbocycles. The summed E-state index contributed by atoms with van der Waals surface area (Å²) in [6, 6.07) is 6.40. The summed E-state index contributed by atoms with van der Waals surface area (Å²) in [5, 5.41) is -0.0000817. The lowest BCUT2D eigenvalue weighted by Crippen LogP contribution is -2.04. The van der Waals surface area contributed by atoms with Gasteiger partial charge in [0.2, 0.25) is 5.28 Å². The molecule has 0 radical (unpaired) electrons. The molecule has 0 bridgehead atoms. The number of hydrogen-bond donors (Lipinski definition) is 0. The quantitative estimate of drug-likeness (QED) is 0.727. The summed E-state index contributed by atoms with van der Waals surface area (Å²) in [6.07, 6.45) is -2.97. The topological polar surface area (TPSA) is 25.8 Å². The van der Waals surface area contributed by atoms with E-state index in [-0.39, 0.29) is 5.28 Å². The molecule has 0 fully saturated rings. The molecule has 0 atom stereocenters. The lowest BCUT2D eigenvalue weighted by molar-refractivity contribution is -0.137. The van der Waals surface area contributed by atoms with E-state index < -0.39 is 11.7 Å². The molecule has 1 heterocycles. The number of nitrogens with zero attached hydrogens (tertiary/aromatic N) is 2. The fraction of sp³-hybridized carbons (Fsp3) is 0.0909. The van der Waals surface area contributed by atoms with E-state index in [2.05, 4.69) is 9.97 Å². The van der Waals surface area contributed by atoms with Crippen LogP contribution in [0, 0.1) is 0 Å². The van der Waals surface area contributed by atoms with Gasteiger partial charge >= 0.3 is 6.18 Å². The monoisotopic (exact) mass is 258 g/mol. The van der Waals surface area contributed by atoms with Crippen molar-refractivity contribution >= 4 is 11.6 Å². The van der Waals surface area contributed by atoms with Crippen molar-refractivity contribution in [2.45, 2.75) is 6.18 Å². The van der Waals surface area contributed by atoms with E-state index in [4.69, 9.17) is 11.6 Å². The molecule has 0 unspecified atom stereocenters. The van der Waals surface area contributed by atoms with E-state index in [0.717, 1.165) is 12.1 Å². The number of halogens is 4. The average Bonchev–Trinajstić information content (AvgIpc) is 2.28. The van der Waals surface area contributed by atoms with E-state index in [0.29, 0.717) is 11.3 Å². The molecule has 88 valence electrons. The fourth-order valence-corrected chi connectivity index (χ4v) is 1.50. The van der Waals surface area contributed by atoms with Crippen LogP contribution in [0.5, 0.6) is 0 Å². The molecule has 0 aliphatic rings. The summed E-state index contributed by atoms with van der Waals surface area (Å²) in [4.78, 5) is 7.52. The van der Waals surface area contributed by atoms with Crippen molar-refractivity contribution < 1.29 is 13.2 Å². The molecule has 1 aromatic carbocycles. The second-order valence-corrected chi connectivity index (χ2v) is 3.63. The van der Waals surface area contributed by atoms with Gasteiger partial charge in [0.25, 0.3) is 0 Å². The lowest BCUT2D eigenvalue weighted by Gasteiger charge is -2.08. The summed E-state index contributed by atoms with van der Waals surface area (Å²) in [5.41, 5.74) is -0.00930. The van der Waals surface area contributed by atoms with Crippen LogP contribution in [0.15, 0.2) is 36.5 Å². The van der Waals surface area contributed by atoms with Crippen LogP contribution in [0.25, 0.3) is 11.3 Å². The highest BCUT2D eigenvalue weighted by atomic mass is 35.5. The predicted octanol–water partition coefficient (Wildman–Crippen LogP) is 3.82. The van der Waals surface area contributed by atoms with Gasteiger partial charge in [-0.15, -0.1) is 0 Å². The van der Waals surface area contributed by atoms with Gasteiger partial charge in [0.1, 0.15) is 0 Å². The van der Waals surface area contributed by atoms with Crippen molar-refractivity contribution in [1.29, 1.82) is 0 Å². The second-order valence-electron chi connectivity index (χ2n) is 3.29. The van der Waals surface area contributed by atoms with Crippen LogP contribution < -0.4 is 0 Å². The third-order valence-electron chi connectivity index (χ3n) is 2.11. The molecule has 1 aromatic heterocycles. The van der Waals surface area contributed by atoms with Crippen LogP contribution in [0.3, 0.4) is 0 Å². The molecule has 6 heteroatoms. The molecule has 2 aromatic rings. The zero-order chi connectivity index (χ0) is 12.5. The zero-order valence-electron chi connectivity index (χ0n) is 8.37. The number of benzene rings is 1. The number of alkyl halides is 3. The summed E-state index contributed by atoms with van der Waals surface area (Å²) >= 11 is 5.58. The highest BCUT2D eigenvalue weighted by molar-refractivity contribution is 6.28. The Hall–Kier alpha value is -1.62. The zero-order valence-corrected chi connectivity index (χ0v) is 9.13. The Labute approximate surface area is 100 Å². The molecule has 2 nitrogen and oxygen atoms in total. The van der Waals surface area contributed by atoms with E-state index >= 15 is 0 Å². The Morgan fingerprint density at radius 3 is 2.53 bits per heavy atom. The van der Waals surface area contributed by atoms with Gasteiger partial charge in [-0.1, -0.05) is 12.1 Å². The first-order valence-electron chi connectivity index (χ1n) is 4.63. The van der Waals surface area contributed by atoms with Crippen LogP contribution in [-0.2, 0) is 6.18 Å². The van der Waals surface area contributed by atoms with Gasteiger partial charge in [0.15, 0.2) is 0 Å². The molecule has 17 heavy (non-hydrogen) atoms. The van der Waals surface area contributed by atoms with Crippen LogP contribution in [0.2, 0.25) is 5.28 Å². The molecule has 0 N–H and O–H groups in total. The maximum Gasteiger partial charge on any atom is 0.416 e. The highest BCUT2D eigenvalue weighted by Gasteiger charge is 2.30. The van der Waals surface area contributed by atoms with Crippen molar-refractivity contribution in [3.8, 4) is 11.3 Å². The largest absolute Gasteiger partial charge is 0.416 e. The van der Waals surface area contributed by atoms with Crippen molar-refractivity contribution in [2.75, 3.05) is 0 Å².